The minimum absolute atomic E-state index is 0.259. The molecule has 0 spiro atoms. The summed E-state index contributed by atoms with van der Waals surface area (Å²) in [6, 6.07) is 0.468. The van der Waals surface area contributed by atoms with Crippen LogP contribution in [0.3, 0.4) is 0 Å². The molecule has 19 heavy (non-hydrogen) atoms. The largest absolute Gasteiger partial charge is 0.348 e. The van der Waals surface area contributed by atoms with E-state index in [1.165, 1.54) is 10.6 Å². The lowest BCUT2D eigenvalue weighted by molar-refractivity contribution is 0.329. The Morgan fingerprint density at radius 1 is 1.32 bits per heavy atom. The zero-order valence-corrected chi connectivity index (χ0v) is 14.3. The van der Waals surface area contributed by atoms with E-state index in [1.54, 1.807) is 0 Å². The van der Waals surface area contributed by atoms with Crippen molar-refractivity contribution < 1.29 is 0 Å². The Balaban J connectivity index is 2.92. The van der Waals surface area contributed by atoms with Crippen LogP contribution in [0.1, 0.15) is 52.1 Å². The first-order valence-electron chi connectivity index (χ1n) is 7.23. The Morgan fingerprint density at radius 3 is 2.42 bits per heavy atom. The monoisotopic (exact) mass is 283 g/mol. The van der Waals surface area contributed by atoms with Gasteiger partial charge in [-0.05, 0) is 25.3 Å². The number of nitrogens with zero attached hydrogens (tertiary/aromatic N) is 2. The first kappa shape index (κ1) is 16.4. The van der Waals surface area contributed by atoms with E-state index in [0.29, 0.717) is 6.04 Å². The highest BCUT2D eigenvalue weighted by Crippen LogP contribution is 2.32. The minimum atomic E-state index is 0.259. The summed E-state index contributed by atoms with van der Waals surface area (Å²) in [5, 5.41) is 4.55. The van der Waals surface area contributed by atoms with Gasteiger partial charge in [-0.15, -0.1) is 11.3 Å². The summed E-state index contributed by atoms with van der Waals surface area (Å²) in [5.41, 5.74) is 1.50. The molecule has 0 radical (unpaired) electrons. The van der Waals surface area contributed by atoms with Crippen LogP contribution in [-0.4, -0.2) is 24.6 Å². The van der Waals surface area contributed by atoms with Crippen LogP contribution in [0, 0.1) is 5.41 Å². The van der Waals surface area contributed by atoms with Gasteiger partial charge in [0.15, 0.2) is 5.13 Å². The molecule has 1 heterocycles. The van der Waals surface area contributed by atoms with Crippen LogP contribution in [0.4, 0.5) is 5.13 Å². The highest BCUT2D eigenvalue weighted by Gasteiger charge is 2.26. The lowest BCUT2D eigenvalue weighted by atomic mass is 9.87. The molecule has 1 atom stereocenters. The van der Waals surface area contributed by atoms with Crippen molar-refractivity contribution in [3.8, 4) is 0 Å². The molecule has 0 aliphatic carbocycles. The smallest absolute Gasteiger partial charge is 0.185 e. The number of thiazole rings is 1. The van der Waals surface area contributed by atoms with E-state index < -0.39 is 0 Å². The second-order valence-corrected chi connectivity index (χ2v) is 7.22. The fourth-order valence-electron chi connectivity index (χ4n) is 1.92. The average Bonchev–Trinajstić information content (AvgIpc) is 2.76. The fourth-order valence-corrected chi connectivity index (χ4v) is 3.08. The summed E-state index contributed by atoms with van der Waals surface area (Å²) >= 11 is 1.83. The number of aromatic nitrogens is 1. The molecule has 1 aromatic rings. The van der Waals surface area contributed by atoms with E-state index in [2.05, 4.69) is 58.8 Å². The second-order valence-electron chi connectivity index (χ2n) is 6.15. The third kappa shape index (κ3) is 4.18. The van der Waals surface area contributed by atoms with Crippen LogP contribution in [0.5, 0.6) is 0 Å². The molecule has 1 aromatic heterocycles. The Bertz CT molecular complexity index is 393. The van der Waals surface area contributed by atoms with Crippen molar-refractivity contribution in [2.75, 3.05) is 18.5 Å². The lowest BCUT2D eigenvalue weighted by Crippen LogP contribution is -2.39. The molecule has 0 bridgehead atoms. The van der Waals surface area contributed by atoms with Crippen molar-refractivity contribution in [3.63, 3.8) is 0 Å². The van der Waals surface area contributed by atoms with Crippen LogP contribution >= 0.6 is 11.3 Å². The molecular formula is C15H29N3S. The average molecular weight is 283 g/mol. The quantitative estimate of drug-likeness (QED) is 0.863. The van der Waals surface area contributed by atoms with Gasteiger partial charge in [0.1, 0.15) is 0 Å². The van der Waals surface area contributed by atoms with E-state index in [4.69, 9.17) is 4.98 Å². The van der Waals surface area contributed by atoms with E-state index in [9.17, 15) is 0 Å². The number of hydrogen-bond donors (Lipinski definition) is 1. The summed E-state index contributed by atoms with van der Waals surface area (Å²) in [6.07, 6.45) is 1.01. The Hall–Kier alpha value is -0.610. The van der Waals surface area contributed by atoms with Crippen molar-refractivity contribution in [1.29, 1.82) is 0 Å². The first-order valence-corrected chi connectivity index (χ1v) is 8.05. The van der Waals surface area contributed by atoms with Gasteiger partial charge in [0.2, 0.25) is 0 Å². The SMILES string of the molecule is CCNCc1sc(N(C)C(C)C(C)(C)C)nc1CC. The summed E-state index contributed by atoms with van der Waals surface area (Å²) in [5.74, 6) is 0. The van der Waals surface area contributed by atoms with Crippen LogP contribution < -0.4 is 10.2 Å². The van der Waals surface area contributed by atoms with Crippen LogP contribution in [0.2, 0.25) is 0 Å². The molecule has 0 aliphatic rings. The van der Waals surface area contributed by atoms with E-state index in [-0.39, 0.29) is 5.41 Å². The van der Waals surface area contributed by atoms with Crippen molar-refractivity contribution in [2.45, 2.75) is 60.5 Å². The van der Waals surface area contributed by atoms with E-state index in [0.717, 1.165) is 24.6 Å². The predicted octanol–water partition coefficient (Wildman–Crippen LogP) is 3.69. The topological polar surface area (TPSA) is 28.2 Å². The summed E-state index contributed by atoms with van der Waals surface area (Å²) in [6.45, 7) is 15.4. The number of nitrogens with one attached hydrogen (secondary N) is 1. The third-order valence-electron chi connectivity index (χ3n) is 3.77. The van der Waals surface area contributed by atoms with Crippen LogP contribution in [-0.2, 0) is 13.0 Å². The maximum Gasteiger partial charge on any atom is 0.185 e. The molecule has 0 aliphatic heterocycles. The molecule has 0 saturated heterocycles. The van der Waals surface area contributed by atoms with E-state index in [1.807, 2.05) is 11.3 Å². The van der Waals surface area contributed by atoms with E-state index >= 15 is 0 Å². The van der Waals surface area contributed by atoms with Crippen molar-refractivity contribution >= 4 is 16.5 Å². The Kier molecular flexibility index (Phi) is 5.81. The number of rotatable bonds is 6. The molecule has 0 fully saturated rings. The molecule has 0 amide bonds. The summed E-state index contributed by atoms with van der Waals surface area (Å²) in [4.78, 5) is 8.52. The molecule has 1 N–H and O–H groups in total. The first-order chi connectivity index (χ1) is 8.81. The molecular weight excluding hydrogens is 254 g/mol. The number of anilines is 1. The molecule has 4 heteroatoms. The van der Waals surface area contributed by atoms with Crippen molar-refractivity contribution in [2.24, 2.45) is 5.41 Å². The lowest BCUT2D eigenvalue weighted by Gasteiger charge is -2.35. The molecule has 3 nitrogen and oxygen atoms in total. The Morgan fingerprint density at radius 2 is 1.95 bits per heavy atom. The van der Waals surface area contributed by atoms with Gasteiger partial charge in [0.25, 0.3) is 0 Å². The highest BCUT2D eigenvalue weighted by atomic mass is 32.1. The fraction of sp³-hybridized carbons (Fsp3) is 0.800. The van der Waals surface area contributed by atoms with Crippen LogP contribution in [0.25, 0.3) is 0 Å². The predicted molar refractivity (Wildman–Crippen MR) is 86.2 cm³/mol. The second kappa shape index (κ2) is 6.71. The van der Waals surface area contributed by atoms with Gasteiger partial charge < -0.3 is 10.2 Å². The van der Waals surface area contributed by atoms with Gasteiger partial charge in [-0.3, -0.25) is 0 Å². The third-order valence-corrected chi connectivity index (χ3v) is 4.96. The molecule has 110 valence electrons. The summed E-state index contributed by atoms with van der Waals surface area (Å²) in [7, 11) is 2.16. The summed E-state index contributed by atoms with van der Waals surface area (Å²) < 4.78 is 0. The maximum absolute atomic E-state index is 4.82. The molecule has 1 unspecified atom stereocenters. The van der Waals surface area contributed by atoms with Crippen molar-refractivity contribution in [1.82, 2.24) is 10.3 Å². The van der Waals surface area contributed by atoms with Gasteiger partial charge in [-0.1, -0.05) is 34.6 Å². The number of hydrogen-bond acceptors (Lipinski definition) is 4. The zero-order valence-electron chi connectivity index (χ0n) is 13.5. The maximum atomic E-state index is 4.82. The molecule has 0 saturated carbocycles. The molecule has 0 aromatic carbocycles. The highest BCUT2D eigenvalue weighted by molar-refractivity contribution is 7.15. The van der Waals surface area contributed by atoms with Gasteiger partial charge in [0.05, 0.1) is 5.69 Å². The van der Waals surface area contributed by atoms with Gasteiger partial charge in [0, 0.05) is 24.5 Å². The standard InChI is InChI=1S/C15H29N3S/c1-8-12-13(10-16-9-2)19-14(17-12)18(7)11(3)15(4,5)6/h11,16H,8-10H2,1-7H3. The normalized spacial score (nSPS) is 13.6. The minimum Gasteiger partial charge on any atom is -0.348 e. The Labute approximate surface area is 122 Å². The molecule has 1 rings (SSSR count). The van der Waals surface area contributed by atoms with Crippen molar-refractivity contribution in [3.05, 3.63) is 10.6 Å². The van der Waals surface area contributed by atoms with Crippen LogP contribution in [0.15, 0.2) is 0 Å². The zero-order chi connectivity index (χ0) is 14.6. The van der Waals surface area contributed by atoms with Gasteiger partial charge >= 0.3 is 0 Å². The van der Waals surface area contributed by atoms with Gasteiger partial charge in [-0.25, -0.2) is 4.98 Å². The van der Waals surface area contributed by atoms with Gasteiger partial charge in [-0.2, -0.15) is 0 Å². The number of aryl methyl sites for hydroxylation is 1.